The lowest BCUT2D eigenvalue weighted by atomic mass is 9.64. The van der Waals surface area contributed by atoms with Gasteiger partial charge < -0.3 is 8.92 Å². The van der Waals surface area contributed by atoms with Gasteiger partial charge in [0.05, 0.1) is 0 Å². The highest BCUT2D eigenvalue weighted by Gasteiger charge is 2.52. The van der Waals surface area contributed by atoms with Crippen LogP contribution in [0.4, 0.5) is 0 Å². The molecule has 1 saturated carbocycles. The fraction of sp³-hybridized carbons (Fsp3) is 0.500. The van der Waals surface area contributed by atoms with E-state index < -0.39 is 21.8 Å². The standard InChI is InChI=1S/C28H36O6S/c1-6-7-8-9-20-16-23-26(24(17-20)34-35(30,31)21-13-10-18(2)11-14-21)25-22(28(4,5)32-23)15-12-19(3)27(25)33-29/h10-11,13-14,16-17,22,25,27,29H,3,6-9,12,15H2,1-2,4-5H3/t22-,25-,27-/m1/s1. The quantitative estimate of drug-likeness (QED) is 0.145. The van der Waals surface area contributed by atoms with E-state index in [2.05, 4.69) is 13.5 Å². The van der Waals surface area contributed by atoms with Crippen LogP contribution in [0.5, 0.6) is 11.5 Å². The Morgan fingerprint density at radius 3 is 2.54 bits per heavy atom. The number of benzene rings is 2. The fourth-order valence-electron chi connectivity index (χ4n) is 5.49. The Morgan fingerprint density at radius 1 is 1.17 bits per heavy atom. The molecule has 0 radical (unpaired) electrons. The number of hydrogen-bond donors (Lipinski definition) is 1. The van der Waals surface area contributed by atoms with E-state index in [0.29, 0.717) is 17.7 Å². The minimum Gasteiger partial charge on any atom is -0.487 e. The van der Waals surface area contributed by atoms with Crippen LogP contribution in [0.1, 0.15) is 75.5 Å². The molecule has 6 nitrogen and oxygen atoms in total. The zero-order valence-electron chi connectivity index (χ0n) is 21.0. The van der Waals surface area contributed by atoms with Crippen molar-refractivity contribution in [2.45, 2.75) is 88.7 Å². The van der Waals surface area contributed by atoms with Crippen molar-refractivity contribution < 1.29 is 27.5 Å². The van der Waals surface area contributed by atoms with Crippen molar-refractivity contribution in [3.05, 3.63) is 65.2 Å². The van der Waals surface area contributed by atoms with Crippen LogP contribution in [0.2, 0.25) is 0 Å². The molecule has 1 aliphatic heterocycles. The van der Waals surface area contributed by atoms with E-state index in [1.54, 1.807) is 24.3 Å². The minimum absolute atomic E-state index is 0.0204. The molecule has 1 N–H and O–H groups in total. The molecular weight excluding hydrogens is 464 g/mol. The summed E-state index contributed by atoms with van der Waals surface area (Å²) in [4.78, 5) is 5.04. The van der Waals surface area contributed by atoms with Gasteiger partial charge in [-0.1, -0.05) is 44.0 Å². The SMILES string of the molecule is C=C1CC[C@@H]2[C@H](c3c(cc(CCCCC)cc3OS(=O)(=O)c3ccc(C)cc3)OC2(C)C)[C@@H]1OO. The summed E-state index contributed by atoms with van der Waals surface area (Å²) in [6, 6.07) is 10.4. The summed E-state index contributed by atoms with van der Waals surface area (Å²) in [5, 5.41) is 9.86. The third-order valence-electron chi connectivity index (χ3n) is 7.39. The number of hydrogen-bond acceptors (Lipinski definition) is 6. The Balaban J connectivity index is 1.85. The summed E-state index contributed by atoms with van der Waals surface area (Å²) in [5.74, 6) is 0.439. The van der Waals surface area contributed by atoms with Crippen molar-refractivity contribution in [3.8, 4) is 11.5 Å². The van der Waals surface area contributed by atoms with Crippen molar-refractivity contribution in [1.29, 1.82) is 0 Å². The van der Waals surface area contributed by atoms with Gasteiger partial charge in [0.25, 0.3) is 0 Å². The second-order valence-electron chi connectivity index (χ2n) is 10.4. The maximum Gasteiger partial charge on any atom is 0.339 e. The molecule has 3 atom stereocenters. The van der Waals surface area contributed by atoms with E-state index in [-0.39, 0.29) is 22.5 Å². The molecule has 1 fully saturated rings. The lowest BCUT2D eigenvalue weighted by Gasteiger charge is -2.50. The Hall–Kier alpha value is -2.35. The summed E-state index contributed by atoms with van der Waals surface area (Å²) >= 11 is 0. The largest absolute Gasteiger partial charge is 0.487 e. The van der Waals surface area contributed by atoms with E-state index in [0.717, 1.165) is 48.8 Å². The third kappa shape index (κ3) is 5.13. The fourth-order valence-corrected chi connectivity index (χ4v) is 6.43. The lowest BCUT2D eigenvalue weighted by Crippen LogP contribution is -2.50. The van der Waals surface area contributed by atoms with Crippen LogP contribution in [-0.4, -0.2) is 25.4 Å². The Kier molecular flexibility index (Phi) is 7.32. The lowest BCUT2D eigenvalue weighted by molar-refractivity contribution is -0.283. The summed E-state index contributed by atoms with van der Waals surface area (Å²) in [6.07, 6.45) is 4.74. The molecule has 0 bridgehead atoms. The number of aryl methyl sites for hydroxylation is 2. The van der Waals surface area contributed by atoms with Crippen molar-refractivity contribution in [1.82, 2.24) is 0 Å². The molecule has 0 saturated heterocycles. The average Bonchev–Trinajstić information content (AvgIpc) is 2.78. The molecule has 1 heterocycles. The number of rotatable bonds is 8. The predicted octanol–water partition coefficient (Wildman–Crippen LogP) is 6.57. The Bertz CT molecular complexity index is 1180. The van der Waals surface area contributed by atoms with Crippen molar-refractivity contribution in [2.75, 3.05) is 0 Å². The normalized spacial score (nSPS) is 23.2. The zero-order valence-corrected chi connectivity index (χ0v) is 21.9. The van der Waals surface area contributed by atoms with Crippen LogP contribution in [0.25, 0.3) is 0 Å². The second kappa shape index (κ2) is 9.96. The molecule has 4 rings (SSSR count). The molecule has 7 heteroatoms. The van der Waals surface area contributed by atoms with Crippen molar-refractivity contribution in [2.24, 2.45) is 5.92 Å². The molecule has 0 unspecified atom stereocenters. The summed E-state index contributed by atoms with van der Waals surface area (Å²) in [6.45, 7) is 12.2. The van der Waals surface area contributed by atoms with Crippen LogP contribution in [0.3, 0.4) is 0 Å². The van der Waals surface area contributed by atoms with E-state index in [4.69, 9.17) is 13.8 Å². The van der Waals surface area contributed by atoms with Gasteiger partial charge in [0.15, 0.2) is 5.75 Å². The molecule has 35 heavy (non-hydrogen) atoms. The second-order valence-corrected chi connectivity index (χ2v) is 11.9. The van der Waals surface area contributed by atoms with Crippen molar-refractivity contribution >= 4 is 10.1 Å². The van der Waals surface area contributed by atoms with Crippen molar-refractivity contribution in [3.63, 3.8) is 0 Å². The van der Waals surface area contributed by atoms with Gasteiger partial charge in [-0.15, -0.1) is 0 Å². The highest BCUT2D eigenvalue weighted by molar-refractivity contribution is 7.87. The number of fused-ring (bicyclic) bond motifs is 3. The predicted molar refractivity (Wildman–Crippen MR) is 135 cm³/mol. The highest BCUT2D eigenvalue weighted by Crippen LogP contribution is 2.56. The smallest absolute Gasteiger partial charge is 0.339 e. The van der Waals surface area contributed by atoms with Crippen LogP contribution in [0, 0.1) is 12.8 Å². The molecule has 190 valence electrons. The Morgan fingerprint density at radius 2 is 1.89 bits per heavy atom. The van der Waals surface area contributed by atoms with Crippen LogP contribution in [-0.2, 0) is 21.4 Å². The summed E-state index contributed by atoms with van der Waals surface area (Å²) in [7, 11) is -4.09. The van der Waals surface area contributed by atoms with Crippen LogP contribution in [0.15, 0.2) is 53.4 Å². The minimum atomic E-state index is -4.09. The number of unbranched alkanes of at least 4 members (excludes halogenated alkanes) is 2. The van der Waals surface area contributed by atoms with Gasteiger partial charge in [0.1, 0.15) is 22.4 Å². The van der Waals surface area contributed by atoms with Gasteiger partial charge >= 0.3 is 10.1 Å². The van der Waals surface area contributed by atoms with Gasteiger partial charge in [-0.05, 0) is 81.9 Å². The zero-order chi connectivity index (χ0) is 25.4. The molecule has 0 aromatic heterocycles. The van der Waals surface area contributed by atoms with Gasteiger partial charge in [0, 0.05) is 17.4 Å². The third-order valence-corrected chi connectivity index (χ3v) is 8.64. The number of ether oxygens (including phenoxy) is 1. The molecular formula is C28H36O6S. The molecule has 2 aromatic carbocycles. The van der Waals surface area contributed by atoms with E-state index in [1.165, 1.54) is 0 Å². The van der Waals surface area contributed by atoms with Gasteiger partial charge in [-0.3, -0.25) is 5.26 Å². The Labute approximate surface area is 209 Å². The van der Waals surface area contributed by atoms with Gasteiger partial charge in [-0.2, -0.15) is 8.42 Å². The van der Waals surface area contributed by atoms with E-state index in [9.17, 15) is 13.7 Å². The average molecular weight is 501 g/mol. The maximum atomic E-state index is 13.3. The summed E-state index contributed by atoms with van der Waals surface area (Å²) in [5.41, 5.74) is 2.77. The maximum absolute atomic E-state index is 13.3. The first-order valence-corrected chi connectivity index (χ1v) is 13.8. The van der Waals surface area contributed by atoms with E-state index in [1.807, 2.05) is 32.9 Å². The molecule has 2 aliphatic rings. The molecule has 2 aromatic rings. The van der Waals surface area contributed by atoms with Crippen LogP contribution >= 0.6 is 0 Å². The molecule has 0 amide bonds. The van der Waals surface area contributed by atoms with Gasteiger partial charge in [-0.25, -0.2) is 4.89 Å². The van der Waals surface area contributed by atoms with E-state index >= 15 is 0 Å². The molecule has 1 aliphatic carbocycles. The first kappa shape index (κ1) is 25.7. The topological polar surface area (TPSA) is 82.1 Å². The van der Waals surface area contributed by atoms with Gasteiger partial charge in [0.2, 0.25) is 0 Å². The van der Waals surface area contributed by atoms with Crippen LogP contribution < -0.4 is 8.92 Å². The first-order valence-electron chi connectivity index (χ1n) is 12.4. The highest BCUT2D eigenvalue weighted by atomic mass is 32.2. The summed E-state index contributed by atoms with van der Waals surface area (Å²) < 4.78 is 39.0. The first-order chi connectivity index (χ1) is 16.6. The monoisotopic (exact) mass is 500 g/mol. The molecule has 0 spiro atoms.